The lowest BCUT2D eigenvalue weighted by atomic mass is 10.2. The molecule has 16 heavy (non-hydrogen) atoms. The SMILES string of the molecule is Oc1ccc(CN2CC(O)NS2(O)O)cc1. The van der Waals surface area contributed by atoms with E-state index < -0.39 is 17.2 Å². The Morgan fingerprint density at radius 3 is 2.44 bits per heavy atom. The molecule has 0 aliphatic carbocycles. The summed E-state index contributed by atoms with van der Waals surface area (Å²) in [4.78, 5) is 0. The Labute approximate surface area is 94.8 Å². The van der Waals surface area contributed by atoms with Crippen LogP contribution in [0.3, 0.4) is 0 Å². The van der Waals surface area contributed by atoms with Gasteiger partial charge in [0.2, 0.25) is 0 Å². The second kappa shape index (κ2) is 4.21. The van der Waals surface area contributed by atoms with Gasteiger partial charge >= 0.3 is 0 Å². The fourth-order valence-electron chi connectivity index (χ4n) is 1.55. The molecule has 1 aliphatic heterocycles. The highest BCUT2D eigenvalue weighted by Crippen LogP contribution is 2.44. The molecule has 1 fully saturated rings. The summed E-state index contributed by atoms with van der Waals surface area (Å²) in [5, 5.41) is 18.4. The molecule has 1 aromatic rings. The number of β-amino-alcohol motifs (C(OH)–C–C–N with tert-alkyl or cyclic N) is 1. The summed E-state index contributed by atoms with van der Waals surface area (Å²) in [5.74, 6) is 0.162. The molecule has 7 heteroatoms. The van der Waals surface area contributed by atoms with E-state index in [1.807, 2.05) is 0 Å². The highest BCUT2D eigenvalue weighted by molar-refractivity contribution is 8.20. The van der Waals surface area contributed by atoms with Crippen LogP contribution in [0.15, 0.2) is 24.3 Å². The Morgan fingerprint density at radius 2 is 1.94 bits per heavy atom. The minimum Gasteiger partial charge on any atom is -0.508 e. The first-order valence-electron chi connectivity index (χ1n) is 4.74. The molecule has 0 saturated carbocycles. The van der Waals surface area contributed by atoms with Crippen LogP contribution in [0.4, 0.5) is 0 Å². The van der Waals surface area contributed by atoms with Crippen molar-refractivity contribution in [3.05, 3.63) is 29.8 Å². The van der Waals surface area contributed by atoms with Crippen molar-refractivity contribution in [1.29, 1.82) is 0 Å². The molecule has 0 bridgehead atoms. The standard InChI is InChI=1S/C9H14N2O4S/c12-8-3-1-7(2-4-8)5-11-6-9(13)10-16(11,14)15/h1-4,9-10,12-15H,5-6H2. The number of nitrogens with zero attached hydrogens (tertiary/aromatic N) is 1. The third kappa shape index (κ3) is 2.46. The third-order valence-corrected chi connectivity index (χ3v) is 3.91. The average molecular weight is 246 g/mol. The summed E-state index contributed by atoms with van der Waals surface area (Å²) >= 11 is 0. The van der Waals surface area contributed by atoms with Gasteiger partial charge in [-0.1, -0.05) is 23.1 Å². The van der Waals surface area contributed by atoms with Crippen LogP contribution in [-0.4, -0.2) is 36.4 Å². The van der Waals surface area contributed by atoms with Gasteiger partial charge in [-0.15, -0.1) is 0 Å². The maximum absolute atomic E-state index is 9.58. The third-order valence-electron chi connectivity index (χ3n) is 2.33. The molecule has 1 aromatic carbocycles. The Morgan fingerprint density at radius 1 is 1.31 bits per heavy atom. The lowest BCUT2D eigenvalue weighted by Gasteiger charge is -2.35. The molecule has 90 valence electrons. The summed E-state index contributed by atoms with van der Waals surface area (Å²) in [6, 6.07) is 6.44. The first kappa shape index (κ1) is 11.6. The molecule has 2 rings (SSSR count). The fraction of sp³-hybridized carbons (Fsp3) is 0.333. The first-order chi connectivity index (χ1) is 7.47. The number of hydrogen-bond donors (Lipinski definition) is 5. The lowest BCUT2D eigenvalue weighted by molar-refractivity contribution is 0.159. The predicted octanol–water partition coefficient (Wildman–Crippen LogP) is 0.696. The average Bonchev–Trinajstić information content (AvgIpc) is 2.43. The number of benzene rings is 1. The van der Waals surface area contributed by atoms with E-state index in [1.165, 1.54) is 16.4 Å². The number of hydrogen-bond acceptors (Lipinski definition) is 6. The molecule has 1 aliphatic rings. The minimum atomic E-state index is -3.07. The molecule has 0 aromatic heterocycles. The number of phenolic OH excluding ortho intramolecular Hbond substituents is 1. The van der Waals surface area contributed by atoms with Crippen LogP contribution in [0.1, 0.15) is 5.56 Å². The molecule has 1 unspecified atom stereocenters. The molecule has 0 amide bonds. The van der Waals surface area contributed by atoms with Gasteiger partial charge in [0.1, 0.15) is 12.0 Å². The van der Waals surface area contributed by atoms with Crippen LogP contribution < -0.4 is 4.72 Å². The summed E-state index contributed by atoms with van der Waals surface area (Å²) in [6.45, 7) is 0.454. The van der Waals surface area contributed by atoms with Gasteiger partial charge in [0.25, 0.3) is 0 Å². The molecule has 5 N–H and O–H groups in total. The van der Waals surface area contributed by atoms with E-state index in [2.05, 4.69) is 4.72 Å². The first-order valence-corrected chi connectivity index (χ1v) is 6.24. The van der Waals surface area contributed by atoms with E-state index in [0.717, 1.165) is 5.56 Å². The van der Waals surface area contributed by atoms with Crippen LogP contribution in [0, 0.1) is 0 Å². The topological polar surface area (TPSA) is 96.2 Å². The van der Waals surface area contributed by atoms with Gasteiger partial charge in [0, 0.05) is 6.54 Å². The summed E-state index contributed by atoms with van der Waals surface area (Å²) in [6.07, 6.45) is -0.929. The molecule has 1 saturated heterocycles. The maximum Gasteiger partial charge on any atom is 0.137 e. The normalized spacial score (nSPS) is 26.8. The van der Waals surface area contributed by atoms with Crippen LogP contribution in [0.25, 0.3) is 0 Å². The van der Waals surface area contributed by atoms with Crippen molar-refractivity contribution in [3.63, 3.8) is 0 Å². The van der Waals surface area contributed by atoms with Gasteiger partial charge in [-0.05, 0) is 17.7 Å². The van der Waals surface area contributed by atoms with E-state index in [-0.39, 0.29) is 12.3 Å². The molecule has 1 heterocycles. The van der Waals surface area contributed by atoms with Crippen molar-refractivity contribution in [2.75, 3.05) is 6.54 Å². The molecule has 1 atom stereocenters. The predicted molar refractivity (Wildman–Crippen MR) is 60.5 cm³/mol. The zero-order valence-corrected chi connectivity index (χ0v) is 9.26. The Kier molecular flexibility index (Phi) is 3.06. The largest absolute Gasteiger partial charge is 0.508 e. The van der Waals surface area contributed by atoms with Crippen molar-refractivity contribution >= 4 is 11.0 Å². The van der Waals surface area contributed by atoms with Crippen molar-refractivity contribution in [1.82, 2.24) is 9.03 Å². The zero-order chi connectivity index (χ0) is 11.8. The zero-order valence-electron chi connectivity index (χ0n) is 8.45. The highest BCUT2D eigenvalue weighted by atomic mass is 32.3. The smallest absolute Gasteiger partial charge is 0.137 e. The summed E-state index contributed by atoms with van der Waals surface area (Å²) < 4.78 is 22.8. The van der Waals surface area contributed by atoms with Gasteiger partial charge < -0.3 is 10.2 Å². The van der Waals surface area contributed by atoms with Crippen molar-refractivity contribution < 1.29 is 19.3 Å². The lowest BCUT2D eigenvalue weighted by Crippen LogP contribution is -2.25. The van der Waals surface area contributed by atoms with E-state index in [0.29, 0.717) is 6.54 Å². The van der Waals surface area contributed by atoms with Crippen LogP contribution >= 0.6 is 11.0 Å². The number of aromatic hydroxyl groups is 1. The van der Waals surface area contributed by atoms with Gasteiger partial charge in [0.05, 0.1) is 6.54 Å². The number of phenols is 1. The maximum atomic E-state index is 9.58. The number of aliphatic hydroxyl groups excluding tert-OH is 1. The van der Waals surface area contributed by atoms with Gasteiger partial charge in [-0.25, -0.2) is 0 Å². The number of nitrogens with one attached hydrogen (secondary N) is 1. The Balaban J connectivity index is 2.07. The van der Waals surface area contributed by atoms with E-state index in [9.17, 15) is 14.2 Å². The van der Waals surface area contributed by atoms with Crippen LogP contribution in [-0.2, 0) is 6.54 Å². The highest BCUT2D eigenvalue weighted by Gasteiger charge is 2.34. The summed E-state index contributed by atoms with van der Waals surface area (Å²) in [7, 11) is -3.07. The van der Waals surface area contributed by atoms with E-state index in [1.54, 1.807) is 12.1 Å². The second-order valence-corrected chi connectivity index (χ2v) is 5.43. The fourth-order valence-corrected chi connectivity index (χ4v) is 2.82. The Bertz CT molecular complexity index is 370. The minimum absolute atomic E-state index is 0.156. The monoisotopic (exact) mass is 246 g/mol. The second-order valence-electron chi connectivity index (χ2n) is 3.64. The molecule has 0 spiro atoms. The van der Waals surface area contributed by atoms with Crippen molar-refractivity contribution in [2.24, 2.45) is 0 Å². The van der Waals surface area contributed by atoms with Crippen molar-refractivity contribution in [2.45, 2.75) is 12.8 Å². The molecule has 0 radical (unpaired) electrons. The van der Waals surface area contributed by atoms with Gasteiger partial charge in [0.15, 0.2) is 0 Å². The van der Waals surface area contributed by atoms with Crippen LogP contribution in [0.5, 0.6) is 5.75 Å². The molecular weight excluding hydrogens is 232 g/mol. The van der Waals surface area contributed by atoms with Gasteiger partial charge in [-0.3, -0.25) is 9.11 Å². The quantitative estimate of drug-likeness (QED) is 0.527. The van der Waals surface area contributed by atoms with Crippen molar-refractivity contribution in [3.8, 4) is 5.75 Å². The van der Waals surface area contributed by atoms with Gasteiger partial charge in [-0.2, -0.15) is 9.03 Å². The number of rotatable bonds is 2. The molecule has 6 nitrogen and oxygen atoms in total. The van der Waals surface area contributed by atoms with E-state index >= 15 is 0 Å². The number of aliphatic hydroxyl groups is 1. The molecular formula is C9H14N2O4S. The van der Waals surface area contributed by atoms with Crippen LogP contribution in [0.2, 0.25) is 0 Å². The van der Waals surface area contributed by atoms with E-state index in [4.69, 9.17) is 5.11 Å². The Hall–Kier alpha value is -0.830. The summed E-state index contributed by atoms with van der Waals surface area (Å²) in [5.41, 5.74) is 0.827.